The molecule has 1 N–H and O–H groups in total. The predicted octanol–water partition coefficient (Wildman–Crippen LogP) is 3.46. The summed E-state index contributed by atoms with van der Waals surface area (Å²) in [4.78, 5) is 0. The Hall–Kier alpha value is -1.75. The van der Waals surface area contributed by atoms with E-state index < -0.39 is 0 Å². The van der Waals surface area contributed by atoms with Crippen molar-refractivity contribution in [3.8, 4) is 11.5 Å². The predicted molar refractivity (Wildman–Crippen MR) is 90.4 cm³/mol. The molecule has 23 heavy (non-hydrogen) atoms. The first-order valence-corrected chi connectivity index (χ1v) is 8.03. The van der Waals surface area contributed by atoms with E-state index in [-0.39, 0.29) is 12.2 Å². The molecule has 0 spiro atoms. The summed E-state index contributed by atoms with van der Waals surface area (Å²) < 4.78 is 17.6. The second-order valence-corrected chi connectivity index (χ2v) is 5.79. The van der Waals surface area contributed by atoms with Crippen LogP contribution in [0.25, 0.3) is 0 Å². The van der Waals surface area contributed by atoms with Crippen molar-refractivity contribution in [1.29, 1.82) is 0 Å². The minimum atomic E-state index is -0.223. The summed E-state index contributed by atoms with van der Waals surface area (Å²) in [6.45, 7) is 2.28. The molecule has 0 aromatic heterocycles. The summed E-state index contributed by atoms with van der Waals surface area (Å²) in [6, 6.07) is 15.5. The van der Waals surface area contributed by atoms with E-state index in [1.807, 2.05) is 36.4 Å². The van der Waals surface area contributed by atoms with E-state index in [0.29, 0.717) is 23.1 Å². The summed E-state index contributed by atoms with van der Waals surface area (Å²) in [7, 11) is 1.61. The highest BCUT2D eigenvalue weighted by Crippen LogP contribution is 2.35. The zero-order valence-corrected chi connectivity index (χ0v) is 13.8. The molecule has 0 radical (unpaired) electrons. The minimum absolute atomic E-state index is 0.0634. The molecule has 3 rings (SSSR count). The smallest absolute Gasteiger partial charge is 0.162 e. The van der Waals surface area contributed by atoms with Gasteiger partial charge in [-0.2, -0.15) is 0 Å². The summed E-state index contributed by atoms with van der Waals surface area (Å²) >= 11 is 6.03. The third kappa shape index (κ3) is 3.96. The van der Waals surface area contributed by atoms with Gasteiger partial charge in [-0.1, -0.05) is 41.9 Å². The maximum atomic E-state index is 6.27. The van der Waals surface area contributed by atoms with Gasteiger partial charge in [-0.15, -0.1) is 0 Å². The number of ether oxygens (including phenoxy) is 3. The Kier molecular flexibility index (Phi) is 5.39. The van der Waals surface area contributed by atoms with Crippen molar-refractivity contribution in [2.75, 3.05) is 26.8 Å². The molecule has 5 heteroatoms. The van der Waals surface area contributed by atoms with E-state index >= 15 is 0 Å². The molecule has 122 valence electrons. The summed E-state index contributed by atoms with van der Waals surface area (Å²) in [6.07, 6.45) is -0.286. The van der Waals surface area contributed by atoms with Crippen LogP contribution in [0.5, 0.6) is 11.5 Å². The highest BCUT2D eigenvalue weighted by atomic mass is 35.5. The van der Waals surface area contributed by atoms with Gasteiger partial charge in [0.2, 0.25) is 0 Å². The lowest BCUT2D eigenvalue weighted by molar-refractivity contribution is -0.0438. The molecule has 1 aliphatic rings. The molecular formula is C18H20ClNO3. The molecule has 0 bridgehead atoms. The molecule has 1 heterocycles. The fraction of sp³-hybridized carbons (Fsp3) is 0.333. The van der Waals surface area contributed by atoms with Crippen molar-refractivity contribution in [3.63, 3.8) is 0 Å². The van der Waals surface area contributed by atoms with Crippen LogP contribution < -0.4 is 14.8 Å². The third-order valence-corrected chi connectivity index (χ3v) is 4.04. The second kappa shape index (κ2) is 7.68. The van der Waals surface area contributed by atoms with Crippen molar-refractivity contribution in [3.05, 3.63) is 59.1 Å². The van der Waals surface area contributed by atoms with E-state index in [9.17, 15) is 0 Å². The number of morpholine rings is 1. The van der Waals surface area contributed by atoms with Crippen LogP contribution >= 0.6 is 11.6 Å². The third-order valence-electron chi connectivity index (χ3n) is 3.80. The Morgan fingerprint density at radius 1 is 1.17 bits per heavy atom. The molecule has 1 fully saturated rings. The highest BCUT2D eigenvalue weighted by molar-refractivity contribution is 6.30. The second-order valence-electron chi connectivity index (χ2n) is 5.36. The van der Waals surface area contributed by atoms with Gasteiger partial charge in [-0.05, 0) is 17.7 Å². The molecule has 1 saturated heterocycles. The molecule has 0 saturated carbocycles. The lowest BCUT2D eigenvalue weighted by Crippen LogP contribution is -2.43. The SMILES string of the molecule is COc1cc(Cl)ccc1O[C@@H](c1ccccc1)C1CNCCO1. The minimum Gasteiger partial charge on any atom is -0.493 e. The molecule has 2 aromatic carbocycles. The molecule has 2 atom stereocenters. The number of nitrogens with one attached hydrogen (secondary N) is 1. The molecule has 2 aromatic rings. The Balaban J connectivity index is 1.89. The average molecular weight is 334 g/mol. The van der Waals surface area contributed by atoms with E-state index in [4.69, 9.17) is 25.8 Å². The Labute approximate surface area is 141 Å². The van der Waals surface area contributed by atoms with Crippen molar-refractivity contribution in [2.24, 2.45) is 0 Å². The number of methoxy groups -OCH3 is 1. The lowest BCUT2D eigenvalue weighted by Gasteiger charge is -2.32. The van der Waals surface area contributed by atoms with Crippen molar-refractivity contribution in [1.82, 2.24) is 5.32 Å². The van der Waals surface area contributed by atoms with Crippen LogP contribution in [-0.2, 0) is 4.74 Å². The number of hydrogen-bond donors (Lipinski definition) is 1. The van der Waals surface area contributed by atoms with Gasteiger partial charge in [-0.3, -0.25) is 0 Å². The quantitative estimate of drug-likeness (QED) is 0.909. The van der Waals surface area contributed by atoms with Gasteiger partial charge >= 0.3 is 0 Å². The number of rotatable bonds is 5. The summed E-state index contributed by atoms with van der Waals surface area (Å²) in [5, 5.41) is 3.96. The molecule has 0 amide bonds. The highest BCUT2D eigenvalue weighted by Gasteiger charge is 2.28. The van der Waals surface area contributed by atoms with Gasteiger partial charge in [0.25, 0.3) is 0 Å². The van der Waals surface area contributed by atoms with Crippen LogP contribution in [0.2, 0.25) is 5.02 Å². The Bertz CT molecular complexity index is 629. The van der Waals surface area contributed by atoms with E-state index in [2.05, 4.69) is 5.32 Å². The van der Waals surface area contributed by atoms with Gasteiger partial charge in [0, 0.05) is 24.2 Å². The number of benzene rings is 2. The number of halogens is 1. The van der Waals surface area contributed by atoms with Crippen molar-refractivity contribution in [2.45, 2.75) is 12.2 Å². The topological polar surface area (TPSA) is 39.7 Å². The normalized spacial score (nSPS) is 19.1. The average Bonchev–Trinajstić information content (AvgIpc) is 2.62. The van der Waals surface area contributed by atoms with Crippen LogP contribution in [0.3, 0.4) is 0 Å². The maximum absolute atomic E-state index is 6.27. The van der Waals surface area contributed by atoms with Crippen LogP contribution in [0.15, 0.2) is 48.5 Å². The first kappa shape index (κ1) is 16.1. The van der Waals surface area contributed by atoms with Gasteiger partial charge in [-0.25, -0.2) is 0 Å². The van der Waals surface area contributed by atoms with Crippen LogP contribution in [0.1, 0.15) is 11.7 Å². The van der Waals surface area contributed by atoms with Crippen LogP contribution in [0, 0.1) is 0 Å². The van der Waals surface area contributed by atoms with Crippen molar-refractivity contribution >= 4 is 11.6 Å². The van der Waals surface area contributed by atoms with Gasteiger partial charge in [0.05, 0.1) is 13.7 Å². The maximum Gasteiger partial charge on any atom is 0.162 e. The zero-order valence-electron chi connectivity index (χ0n) is 13.0. The van der Waals surface area contributed by atoms with Gasteiger partial charge in [0.1, 0.15) is 6.10 Å². The Morgan fingerprint density at radius 3 is 2.70 bits per heavy atom. The standard InChI is InChI=1S/C18H20ClNO3/c1-21-16-11-14(19)7-8-15(16)23-18(13-5-3-2-4-6-13)17-12-20-9-10-22-17/h2-8,11,17-18,20H,9-10,12H2,1H3/t17?,18-/m0/s1. The fourth-order valence-electron chi connectivity index (χ4n) is 2.66. The largest absolute Gasteiger partial charge is 0.493 e. The first-order chi connectivity index (χ1) is 11.3. The Morgan fingerprint density at radius 2 is 2.00 bits per heavy atom. The number of hydrogen-bond acceptors (Lipinski definition) is 4. The molecule has 4 nitrogen and oxygen atoms in total. The molecular weight excluding hydrogens is 314 g/mol. The zero-order chi connectivity index (χ0) is 16.1. The molecule has 0 aliphatic carbocycles. The van der Waals surface area contributed by atoms with Crippen LogP contribution in [-0.4, -0.2) is 32.9 Å². The summed E-state index contributed by atoms with van der Waals surface area (Å²) in [5.41, 5.74) is 1.07. The lowest BCUT2D eigenvalue weighted by atomic mass is 10.0. The fourth-order valence-corrected chi connectivity index (χ4v) is 2.82. The molecule has 1 unspecified atom stereocenters. The van der Waals surface area contributed by atoms with Gasteiger partial charge < -0.3 is 19.5 Å². The van der Waals surface area contributed by atoms with Gasteiger partial charge in [0.15, 0.2) is 17.6 Å². The van der Waals surface area contributed by atoms with Crippen LogP contribution in [0.4, 0.5) is 0 Å². The molecule has 1 aliphatic heterocycles. The van der Waals surface area contributed by atoms with E-state index in [0.717, 1.165) is 18.7 Å². The van der Waals surface area contributed by atoms with E-state index in [1.165, 1.54) is 0 Å². The first-order valence-electron chi connectivity index (χ1n) is 7.65. The summed E-state index contributed by atoms with van der Waals surface area (Å²) in [5.74, 6) is 1.27. The monoisotopic (exact) mass is 333 g/mol. The van der Waals surface area contributed by atoms with Crippen molar-refractivity contribution < 1.29 is 14.2 Å². The van der Waals surface area contributed by atoms with E-state index in [1.54, 1.807) is 19.2 Å².